The highest BCUT2D eigenvalue weighted by atomic mass is 32.2. The molecule has 0 unspecified atom stereocenters. The predicted molar refractivity (Wildman–Crippen MR) is 93.0 cm³/mol. The maximum Gasteiger partial charge on any atom is 0.230 e. The summed E-state index contributed by atoms with van der Waals surface area (Å²) in [5, 5.41) is 2.85. The van der Waals surface area contributed by atoms with Crippen molar-refractivity contribution in [2.45, 2.75) is 4.90 Å². The molecule has 0 atom stereocenters. The Bertz CT molecular complexity index is 644. The second-order valence-electron chi connectivity index (χ2n) is 5.60. The van der Waals surface area contributed by atoms with Crippen molar-refractivity contribution in [2.75, 3.05) is 51.3 Å². The van der Waals surface area contributed by atoms with Crippen molar-refractivity contribution in [3.05, 3.63) is 30.1 Å². The molecule has 0 aromatic heterocycles. The van der Waals surface area contributed by atoms with Gasteiger partial charge in [-0.2, -0.15) is 4.31 Å². The minimum atomic E-state index is -3.11. The number of carbonyl (C=O) groups excluding carboxylic acids is 1. The summed E-state index contributed by atoms with van der Waals surface area (Å²) >= 11 is 1.36. The first kappa shape index (κ1) is 19.2. The van der Waals surface area contributed by atoms with Gasteiger partial charge >= 0.3 is 0 Å². The van der Waals surface area contributed by atoms with Gasteiger partial charge in [-0.05, 0) is 24.3 Å². The third-order valence-electron chi connectivity index (χ3n) is 3.73. The van der Waals surface area contributed by atoms with Gasteiger partial charge in [-0.3, -0.25) is 9.69 Å². The van der Waals surface area contributed by atoms with E-state index in [1.165, 1.54) is 34.5 Å². The van der Waals surface area contributed by atoms with E-state index < -0.39 is 10.0 Å². The first-order valence-electron chi connectivity index (χ1n) is 7.67. The molecule has 0 radical (unpaired) electrons. The molecule has 9 heteroatoms. The van der Waals surface area contributed by atoms with Crippen LogP contribution in [0.2, 0.25) is 0 Å². The zero-order valence-electron chi connectivity index (χ0n) is 13.6. The molecule has 2 rings (SSSR count). The molecule has 1 aliphatic rings. The fraction of sp³-hybridized carbons (Fsp3) is 0.533. The first-order chi connectivity index (χ1) is 11.3. The molecule has 6 nitrogen and oxygen atoms in total. The van der Waals surface area contributed by atoms with Gasteiger partial charge in [0, 0.05) is 44.2 Å². The average Bonchev–Trinajstić information content (AvgIpc) is 2.54. The van der Waals surface area contributed by atoms with Crippen LogP contribution in [0.5, 0.6) is 0 Å². The van der Waals surface area contributed by atoms with Crippen molar-refractivity contribution in [2.24, 2.45) is 0 Å². The zero-order chi connectivity index (χ0) is 17.6. The molecular formula is C15H22FN3O3S2. The lowest BCUT2D eigenvalue weighted by Crippen LogP contribution is -2.50. The molecular weight excluding hydrogens is 353 g/mol. The Kier molecular flexibility index (Phi) is 7.02. The number of benzene rings is 1. The number of amides is 1. The quantitative estimate of drug-likeness (QED) is 0.707. The Hall–Kier alpha value is -1.16. The summed E-state index contributed by atoms with van der Waals surface area (Å²) in [5.74, 6) is -0.0770. The van der Waals surface area contributed by atoms with Crippen LogP contribution in [-0.4, -0.2) is 74.8 Å². The van der Waals surface area contributed by atoms with Crippen LogP contribution in [-0.2, 0) is 14.8 Å². The summed E-state index contributed by atoms with van der Waals surface area (Å²) in [5.41, 5.74) is 0. The normalized spacial score (nSPS) is 16.9. The largest absolute Gasteiger partial charge is 0.354 e. The van der Waals surface area contributed by atoms with E-state index in [4.69, 9.17) is 0 Å². The number of thioether (sulfide) groups is 1. The second kappa shape index (κ2) is 8.80. The highest BCUT2D eigenvalue weighted by molar-refractivity contribution is 8.00. The van der Waals surface area contributed by atoms with Crippen molar-refractivity contribution >= 4 is 27.7 Å². The predicted octanol–water partition coefficient (Wildman–Crippen LogP) is 0.611. The van der Waals surface area contributed by atoms with E-state index >= 15 is 0 Å². The second-order valence-corrected chi connectivity index (χ2v) is 8.63. The number of sulfonamides is 1. The summed E-state index contributed by atoms with van der Waals surface area (Å²) in [6.45, 7) is 3.56. The molecule has 0 aliphatic carbocycles. The molecule has 0 spiro atoms. The number of piperazine rings is 1. The fourth-order valence-electron chi connectivity index (χ4n) is 2.37. The molecule has 0 bridgehead atoms. The van der Waals surface area contributed by atoms with Crippen molar-refractivity contribution in [3.63, 3.8) is 0 Å². The maximum atomic E-state index is 12.8. The topological polar surface area (TPSA) is 69.7 Å². The highest BCUT2D eigenvalue weighted by Gasteiger charge is 2.22. The molecule has 1 aromatic rings. The van der Waals surface area contributed by atoms with Crippen LogP contribution in [0.1, 0.15) is 0 Å². The minimum absolute atomic E-state index is 0.0703. The highest BCUT2D eigenvalue weighted by Crippen LogP contribution is 2.17. The lowest BCUT2D eigenvalue weighted by molar-refractivity contribution is -0.118. The Morgan fingerprint density at radius 3 is 2.42 bits per heavy atom. The van der Waals surface area contributed by atoms with Crippen LogP contribution in [0.15, 0.2) is 29.2 Å². The van der Waals surface area contributed by atoms with Gasteiger partial charge in [-0.1, -0.05) is 0 Å². The Morgan fingerprint density at radius 2 is 1.83 bits per heavy atom. The van der Waals surface area contributed by atoms with E-state index in [1.807, 2.05) is 0 Å². The molecule has 1 fully saturated rings. The molecule has 1 N–H and O–H groups in total. The minimum Gasteiger partial charge on any atom is -0.354 e. The van der Waals surface area contributed by atoms with E-state index in [-0.39, 0.29) is 17.5 Å². The number of nitrogens with zero attached hydrogens (tertiary/aromatic N) is 2. The SMILES string of the molecule is CS(=O)(=O)N1CCN(CCNC(=O)CSc2ccc(F)cc2)CC1. The van der Waals surface area contributed by atoms with Crippen molar-refractivity contribution in [1.29, 1.82) is 0 Å². The molecule has 1 aromatic carbocycles. The third kappa shape index (κ3) is 6.39. The smallest absolute Gasteiger partial charge is 0.230 e. The Morgan fingerprint density at radius 1 is 1.21 bits per heavy atom. The van der Waals surface area contributed by atoms with Crippen molar-refractivity contribution < 1.29 is 17.6 Å². The maximum absolute atomic E-state index is 12.8. The van der Waals surface area contributed by atoms with Crippen LogP contribution >= 0.6 is 11.8 Å². The van der Waals surface area contributed by atoms with Gasteiger partial charge in [0.2, 0.25) is 15.9 Å². The van der Waals surface area contributed by atoms with Gasteiger partial charge in [0.05, 0.1) is 12.0 Å². The van der Waals surface area contributed by atoms with E-state index in [2.05, 4.69) is 10.2 Å². The van der Waals surface area contributed by atoms with Crippen LogP contribution in [0, 0.1) is 5.82 Å². The summed E-state index contributed by atoms with van der Waals surface area (Å²) in [4.78, 5) is 14.8. The lowest BCUT2D eigenvalue weighted by atomic mass is 10.3. The number of carbonyl (C=O) groups is 1. The first-order valence-corrected chi connectivity index (χ1v) is 10.5. The van der Waals surface area contributed by atoms with Gasteiger partial charge in [0.15, 0.2) is 0 Å². The van der Waals surface area contributed by atoms with Crippen LogP contribution < -0.4 is 5.32 Å². The summed E-state index contributed by atoms with van der Waals surface area (Å²) in [7, 11) is -3.11. The molecule has 1 amide bonds. The standard InChI is InChI=1S/C15H22FN3O3S2/c1-24(21,22)19-10-8-18(9-11-19)7-6-17-15(20)12-23-14-4-2-13(16)3-5-14/h2-5H,6-12H2,1H3,(H,17,20). The van der Waals surface area contributed by atoms with Crippen LogP contribution in [0.3, 0.4) is 0 Å². The third-order valence-corrected chi connectivity index (χ3v) is 6.05. The van der Waals surface area contributed by atoms with Gasteiger partial charge < -0.3 is 5.32 Å². The molecule has 1 heterocycles. The molecule has 134 valence electrons. The molecule has 24 heavy (non-hydrogen) atoms. The van der Waals surface area contributed by atoms with Gasteiger partial charge in [0.1, 0.15) is 5.82 Å². The fourth-order valence-corrected chi connectivity index (χ4v) is 3.92. The monoisotopic (exact) mass is 375 g/mol. The van der Waals surface area contributed by atoms with Gasteiger partial charge in [-0.15, -0.1) is 11.8 Å². The van der Waals surface area contributed by atoms with Crippen LogP contribution in [0.4, 0.5) is 4.39 Å². The number of hydrogen-bond donors (Lipinski definition) is 1. The van der Waals surface area contributed by atoms with E-state index in [0.29, 0.717) is 39.3 Å². The average molecular weight is 375 g/mol. The Balaban J connectivity index is 1.60. The summed E-state index contributed by atoms with van der Waals surface area (Å²) < 4.78 is 37.1. The van der Waals surface area contributed by atoms with E-state index in [0.717, 1.165) is 4.90 Å². The lowest BCUT2D eigenvalue weighted by Gasteiger charge is -2.33. The summed E-state index contributed by atoms with van der Waals surface area (Å²) in [6, 6.07) is 6.04. The molecule has 0 saturated carbocycles. The van der Waals surface area contributed by atoms with E-state index in [9.17, 15) is 17.6 Å². The molecule has 1 saturated heterocycles. The zero-order valence-corrected chi connectivity index (χ0v) is 15.2. The van der Waals surface area contributed by atoms with Crippen molar-refractivity contribution in [1.82, 2.24) is 14.5 Å². The van der Waals surface area contributed by atoms with Crippen molar-refractivity contribution in [3.8, 4) is 0 Å². The summed E-state index contributed by atoms with van der Waals surface area (Å²) in [6.07, 6.45) is 1.22. The van der Waals surface area contributed by atoms with Gasteiger partial charge in [0.25, 0.3) is 0 Å². The number of rotatable bonds is 7. The Labute approximate surface area is 146 Å². The number of hydrogen-bond acceptors (Lipinski definition) is 5. The number of nitrogens with one attached hydrogen (secondary N) is 1. The molecule has 1 aliphatic heterocycles. The van der Waals surface area contributed by atoms with Crippen LogP contribution in [0.25, 0.3) is 0 Å². The number of halogens is 1. The van der Waals surface area contributed by atoms with Gasteiger partial charge in [-0.25, -0.2) is 12.8 Å². The van der Waals surface area contributed by atoms with E-state index in [1.54, 1.807) is 12.1 Å².